The van der Waals surface area contributed by atoms with E-state index in [0.29, 0.717) is 11.4 Å². The Morgan fingerprint density at radius 2 is 2.20 bits per heavy atom. The van der Waals surface area contributed by atoms with Gasteiger partial charge < -0.3 is 4.57 Å². The molecule has 0 bridgehead atoms. The summed E-state index contributed by atoms with van der Waals surface area (Å²) in [7, 11) is 0. The first kappa shape index (κ1) is 8.65. The van der Waals surface area contributed by atoms with E-state index in [0.717, 1.165) is 29.7 Å². The highest BCUT2D eigenvalue weighted by molar-refractivity contribution is 5.77. The van der Waals surface area contributed by atoms with E-state index in [1.807, 2.05) is 28.8 Å². The minimum atomic E-state index is 0.485. The molecule has 0 saturated carbocycles. The van der Waals surface area contributed by atoms with Gasteiger partial charge in [-0.3, -0.25) is 5.41 Å². The molecule has 0 saturated heterocycles. The third-order valence-corrected chi connectivity index (χ3v) is 3.17. The van der Waals surface area contributed by atoms with Crippen molar-refractivity contribution in [1.82, 2.24) is 9.55 Å². The highest BCUT2D eigenvalue weighted by Gasteiger charge is 2.20. The summed E-state index contributed by atoms with van der Waals surface area (Å²) in [6.45, 7) is 3.12. The van der Waals surface area contributed by atoms with Gasteiger partial charge in [0.25, 0.3) is 0 Å². The zero-order valence-electron chi connectivity index (χ0n) is 8.70. The predicted molar refractivity (Wildman–Crippen MR) is 58.6 cm³/mol. The van der Waals surface area contributed by atoms with Crippen LogP contribution in [-0.2, 0) is 6.54 Å². The Balaban J connectivity index is 2.46. The van der Waals surface area contributed by atoms with Gasteiger partial charge in [0.1, 0.15) is 11.3 Å². The normalized spacial score (nSPS) is 19.4. The average molecular weight is 199 g/mol. The molecule has 3 nitrogen and oxygen atoms in total. The highest BCUT2D eigenvalue weighted by atomic mass is 15.1. The fraction of sp³-hybridized carbons (Fsp3) is 0.333. The number of benzene rings is 1. The number of rotatable bonds is 0. The summed E-state index contributed by atoms with van der Waals surface area (Å²) >= 11 is 0. The molecule has 3 heteroatoms. The second-order valence-corrected chi connectivity index (χ2v) is 4.18. The van der Waals surface area contributed by atoms with Crippen LogP contribution in [0.4, 0.5) is 0 Å². The summed E-state index contributed by atoms with van der Waals surface area (Å²) in [5.41, 5.74) is 1.56. The van der Waals surface area contributed by atoms with Gasteiger partial charge in [-0.1, -0.05) is 19.1 Å². The molecule has 3 rings (SSSR count). The minimum absolute atomic E-state index is 0.485. The molecule has 1 unspecified atom stereocenters. The Kier molecular flexibility index (Phi) is 1.69. The van der Waals surface area contributed by atoms with Crippen molar-refractivity contribution in [2.24, 2.45) is 0 Å². The number of nitrogens with one attached hydrogen (secondary N) is 1. The molecule has 2 aromatic rings. The summed E-state index contributed by atoms with van der Waals surface area (Å²) in [6, 6.07) is 7.90. The first-order valence-electron chi connectivity index (χ1n) is 5.31. The fourth-order valence-corrected chi connectivity index (χ4v) is 2.27. The summed E-state index contributed by atoms with van der Waals surface area (Å²) < 4.78 is 2.03. The van der Waals surface area contributed by atoms with Crippen LogP contribution < -0.4 is 5.49 Å². The number of hydrogen-bond donors (Lipinski definition) is 1. The molecule has 1 aliphatic rings. The molecule has 1 atom stereocenters. The van der Waals surface area contributed by atoms with Crippen LogP contribution in [0.15, 0.2) is 24.3 Å². The van der Waals surface area contributed by atoms with Crippen LogP contribution >= 0.6 is 0 Å². The molecule has 0 aliphatic carbocycles. The van der Waals surface area contributed by atoms with Crippen LogP contribution in [0.5, 0.6) is 0 Å². The third kappa shape index (κ3) is 1.12. The molecular weight excluding hydrogens is 186 g/mol. The Labute approximate surface area is 87.9 Å². The zero-order chi connectivity index (χ0) is 10.4. The van der Waals surface area contributed by atoms with E-state index in [4.69, 9.17) is 5.41 Å². The van der Waals surface area contributed by atoms with Gasteiger partial charge >= 0.3 is 0 Å². The Bertz CT molecular complexity index is 583. The first-order chi connectivity index (χ1) is 7.27. The predicted octanol–water partition coefficient (Wildman–Crippen LogP) is 2.02. The van der Waals surface area contributed by atoms with Crippen LogP contribution in [0.25, 0.3) is 10.9 Å². The van der Waals surface area contributed by atoms with Gasteiger partial charge in [-0.25, -0.2) is 4.98 Å². The molecule has 1 aromatic heterocycles. The lowest BCUT2D eigenvalue weighted by atomic mass is 10.1. The van der Waals surface area contributed by atoms with Gasteiger partial charge in [0, 0.05) is 17.8 Å². The lowest BCUT2D eigenvalue weighted by Crippen LogP contribution is -2.21. The summed E-state index contributed by atoms with van der Waals surface area (Å²) in [5, 5.41) is 9.09. The van der Waals surface area contributed by atoms with Gasteiger partial charge in [0.15, 0.2) is 0 Å². The van der Waals surface area contributed by atoms with Crippen molar-refractivity contribution in [1.29, 1.82) is 5.41 Å². The Morgan fingerprint density at radius 3 is 3.07 bits per heavy atom. The quantitative estimate of drug-likeness (QED) is 0.693. The topological polar surface area (TPSA) is 41.7 Å². The third-order valence-electron chi connectivity index (χ3n) is 3.17. The second-order valence-electron chi connectivity index (χ2n) is 4.18. The standard InChI is InChI=1S/C12H13N3/c1-8-6-7-15-11(13)9-4-2-3-5-10(9)14-12(8)15/h2-5,8,13H,6-7H2,1H3. The van der Waals surface area contributed by atoms with Gasteiger partial charge in [0.2, 0.25) is 0 Å². The lowest BCUT2D eigenvalue weighted by Gasteiger charge is -2.08. The molecule has 76 valence electrons. The van der Waals surface area contributed by atoms with Gasteiger partial charge in [-0.05, 0) is 18.6 Å². The monoisotopic (exact) mass is 199 g/mol. The molecule has 0 fully saturated rings. The van der Waals surface area contributed by atoms with Crippen molar-refractivity contribution >= 4 is 10.9 Å². The van der Waals surface area contributed by atoms with Crippen LogP contribution in [0, 0.1) is 5.41 Å². The van der Waals surface area contributed by atoms with E-state index in [2.05, 4.69) is 11.9 Å². The number of para-hydroxylation sites is 1. The average Bonchev–Trinajstić information content (AvgIpc) is 2.62. The van der Waals surface area contributed by atoms with Crippen molar-refractivity contribution in [2.45, 2.75) is 25.8 Å². The van der Waals surface area contributed by atoms with Crippen LogP contribution in [-0.4, -0.2) is 9.55 Å². The molecule has 2 heterocycles. The van der Waals surface area contributed by atoms with Crippen LogP contribution in [0.1, 0.15) is 25.1 Å². The summed E-state index contributed by atoms with van der Waals surface area (Å²) in [6.07, 6.45) is 1.11. The minimum Gasteiger partial charge on any atom is -0.314 e. The maximum absolute atomic E-state index is 8.13. The molecule has 1 N–H and O–H groups in total. The first-order valence-corrected chi connectivity index (χ1v) is 5.31. The molecule has 0 radical (unpaired) electrons. The number of aromatic nitrogens is 2. The number of nitrogens with zero attached hydrogens (tertiary/aromatic N) is 2. The van der Waals surface area contributed by atoms with Crippen molar-refractivity contribution in [3.05, 3.63) is 35.6 Å². The lowest BCUT2D eigenvalue weighted by molar-refractivity contribution is 0.684. The van der Waals surface area contributed by atoms with Gasteiger partial charge in [-0.2, -0.15) is 0 Å². The summed E-state index contributed by atoms with van der Waals surface area (Å²) in [4.78, 5) is 4.64. The molecule has 1 aromatic carbocycles. The van der Waals surface area contributed by atoms with Crippen molar-refractivity contribution in [2.75, 3.05) is 0 Å². The highest BCUT2D eigenvalue weighted by Crippen LogP contribution is 2.24. The van der Waals surface area contributed by atoms with Crippen molar-refractivity contribution in [3.63, 3.8) is 0 Å². The number of fused-ring (bicyclic) bond motifs is 2. The molecular formula is C12H13N3. The van der Waals surface area contributed by atoms with E-state index in [1.165, 1.54) is 0 Å². The smallest absolute Gasteiger partial charge is 0.135 e. The van der Waals surface area contributed by atoms with E-state index in [1.54, 1.807) is 0 Å². The van der Waals surface area contributed by atoms with E-state index < -0.39 is 0 Å². The molecule has 1 aliphatic heterocycles. The second kappa shape index (κ2) is 2.92. The summed E-state index contributed by atoms with van der Waals surface area (Å²) in [5.74, 6) is 1.55. The fourth-order valence-electron chi connectivity index (χ4n) is 2.27. The van der Waals surface area contributed by atoms with E-state index in [9.17, 15) is 0 Å². The van der Waals surface area contributed by atoms with Crippen LogP contribution in [0.3, 0.4) is 0 Å². The molecule has 0 spiro atoms. The van der Waals surface area contributed by atoms with E-state index >= 15 is 0 Å². The largest absolute Gasteiger partial charge is 0.314 e. The maximum atomic E-state index is 8.13. The molecule has 0 amide bonds. The van der Waals surface area contributed by atoms with Crippen molar-refractivity contribution < 1.29 is 0 Å². The Morgan fingerprint density at radius 1 is 1.40 bits per heavy atom. The van der Waals surface area contributed by atoms with E-state index in [-0.39, 0.29) is 0 Å². The zero-order valence-corrected chi connectivity index (χ0v) is 8.70. The van der Waals surface area contributed by atoms with Gasteiger partial charge in [-0.15, -0.1) is 0 Å². The Hall–Kier alpha value is -1.64. The molecule has 15 heavy (non-hydrogen) atoms. The van der Waals surface area contributed by atoms with Crippen molar-refractivity contribution in [3.8, 4) is 0 Å². The SMILES string of the molecule is CC1CCn2c1nc1ccccc1c2=N. The van der Waals surface area contributed by atoms with Gasteiger partial charge in [0.05, 0.1) is 5.52 Å². The number of hydrogen-bond acceptors (Lipinski definition) is 2. The maximum Gasteiger partial charge on any atom is 0.135 e. The van der Waals surface area contributed by atoms with Crippen LogP contribution in [0.2, 0.25) is 0 Å².